The number of nitrogens with zero attached hydrogens (tertiary/aromatic N) is 2. The minimum atomic E-state index is -0.0799. The lowest BCUT2D eigenvalue weighted by molar-refractivity contribution is 0.0821. The van der Waals surface area contributed by atoms with E-state index in [2.05, 4.69) is 15.0 Å². The molecule has 1 amide bonds. The number of H-pyrrole nitrogens is 2. The Morgan fingerprint density at radius 2 is 1.66 bits per heavy atom. The van der Waals surface area contributed by atoms with Gasteiger partial charge in [0.05, 0.1) is 11.0 Å². The summed E-state index contributed by atoms with van der Waals surface area (Å²) in [5.41, 5.74) is 5.95. The molecule has 0 saturated carbocycles. The van der Waals surface area contributed by atoms with Gasteiger partial charge in [0.2, 0.25) is 0 Å². The van der Waals surface area contributed by atoms with Crippen LogP contribution in [-0.2, 0) is 0 Å². The molecule has 0 saturated heterocycles. The van der Waals surface area contributed by atoms with Crippen LogP contribution in [0.3, 0.4) is 0 Å². The van der Waals surface area contributed by atoms with Gasteiger partial charge in [-0.05, 0) is 37.6 Å². The lowest BCUT2D eigenvalue weighted by Gasteiger charge is -2.09. The van der Waals surface area contributed by atoms with Gasteiger partial charge < -0.3 is 14.9 Å². The number of benzene rings is 2. The van der Waals surface area contributed by atoms with Crippen LogP contribution in [0.1, 0.15) is 37.7 Å². The predicted octanol–water partition coefficient (Wildman–Crippen LogP) is 4.11. The number of carbonyl (C=O) groups excluding carboxylic acids is 2. The van der Waals surface area contributed by atoms with Gasteiger partial charge >= 0.3 is 0 Å². The summed E-state index contributed by atoms with van der Waals surface area (Å²) in [6.07, 6.45) is 0. The average Bonchev–Trinajstić information content (AvgIpc) is 3.26. The molecule has 0 fully saturated rings. The number of imidazole rings is 1. The first kappa shape index (κ1) is 18.7. The molecular weight excluding hydrogens is 364 g/mol. The molecule has 0 aliphatic carbocycles. The maximum Gasteiger partial charge on any atom is 0.270 e. The van der Waals surface area contributed by atoms with Gasteiger partial charge in [-0.3, -0.25) is 9.59 Å². The fraction of sp³-hybridized carbons (Fsp3) is 0.174. The Kier molecular flexibility index (Phi) is 4.54. The van der Waals surface area contributed by atoms with Gasteiger partial charge in [0.1, 0.15) is 11.5 Å². The quantitative estimate of drug-likeness (QED) is 0.518. The number of hydrogen-bond donors (Lipinski definition) is 2. The number of ketones is 1. The van der Waals surface area contributed by atoms with Crippen molar-refractivity contribution < 1.29 is 9.59 Å². The van der Waals surface area contributed by atoms with Gasteiger partial charge in [-0.15, -0.1) is 0 Å². The lowest BCUT2D eigenvalue weighted by atomic mass is 10.0. The highest BCUT2D eigenvalue weighted by atomic mass is 16.2. The second-order valence-corrected chi connectivity index (χ2v) is 7.34. The Morgan fingerprint density at radius 1 is 0.931 bits per heavy atom. The van der Waals surface area contributed by atoms with E-state index in [1.807, 2.05) is 44.2 Å². The number of carbonyl (C=O) groups is 2. The number of aromatic amines is 2. The standard InChI is InChI=1S/C23H22N4O2/c1-13-19(14(2)24-20(13)23(29)27(3)4)22-25-17-11-10-16(12-18(17)26-22)21(28)15-8-6-5-7-9-15/h5-12,24H,1-4H3,(H,25,26). The molecule has 0 aliphatic heterocycles. The van der Waals surface area contributed by atoms with E-state index in [-0.39, 0.29) is 11.7 Å². The molecule has 6 heteroatoms. The van der Waals surface area contributed by atoms with Crippen molar-refractivity contribution in [1.82, 2.24) is 19.9 Å². The maximum atomic E-state index is 12.7. The summed E-state index contributed by atoms with van der Waals surface area (Å²) in [6.45, 7) is 3.83. The summed E-state index contributed by atoms with van der Waals surface area (Å²) in [6, 6.07) is 14.7. The fourth-order valence-corrected chi connectivity index (χ4v) is 3.57. The minimum absolute atomic E-state index is 0.0310. The number of nitrogens with one attached hydrogen (secondary N) is 2. The van der Waals surface area contributed by atoms with Crippen LogP contribution in [0.5, 0.6) is 0 Å². The van der Waals surface area contributed by atoms with Crippen LogP contribution in [-0.4, -0.2) is 45.6 Å². The van der Waals surface area contributed by atoms with Gasteiger partial charge in [0, 0.05) is 36.5 Å². The van der Waals surface area contributed by atoms with Crippen LogP contribution >= 0.6 is 0 Å². The van der Waals surface area contributed by atoms with Crippen molar-refractivity contribution in [3.8, 4) is 11.4 Å². The zero-order chi connectivity index (χ0) is 20.7. The first-order valence-electron chi connectivity index (χ1n) is 9.37. The van der Waals surface area contributed by atoms with E-state index in [9.17, 15) is 9.59 Å². The van der Waals surface area contributed by atoms with Gasteiger partial charge in [-0.2, -0.15) is 0 Å². The van der Waals surface area contributed by atoms with Crippen molar-refractivity contribution in [2.75, 3.05) is 14.1 Å². The number of aryl methyl sites for hydroxylation is 1. The van der Waals surface area contributed by atoms with E-state index in [4.69, 9.17) is 0 Å². The molecule has 0 radical (unpaired) electrons. The fourth-order valence-electron chi connectivity index (χ4n) is 3.57. The van der Waals surface area contributed by atoms with Gasteiger partial charge in [-0.25, -0.2) is 4.98 Å². The van der Waals surface area contributed by atoms with Crippen LogP contribution in [0.15, 0.2) is 48.5 Å². The Morgan fingerprint density at radius 3 is 2.34 bits per heavy atom. The third-order valence-corrected chi connectivity index (χ3v) is 5.07. The van der Waals surface area contributed by atoms with E-state index in [1.54, 1.807) is 37.2 Å². The molecule has 0 bridgehead atoms. The summed E-state index contributed by atoms with van der Waals surface area (Å²) in [5, 5.41) is 0. The lowest BCUT2D eigenvalue weighted by Crippen LogP contribution is -2.22. The summed E-state index contributed by atoms with van der Waals surface area (Å²) in [7, 11) is 3.45. The topological polar surface area (TPSA) is 81.8 Å². The Labute approximate surface area is 168 Å². The third kappa shape index (κ3) is 3.23. The third-order valence-electron chi connectivity index (χ3n) is 5.07. The molecule has 0 atom stereocenters. The van der Waals surface area contributed by atoms with E-state index in [0.717, 1.165) is 27.9 Å². The molecule has 0 aliphatic rings. The maximum absolute atomic E-state index is 12.7. The van der Waals surface area contributed by atoms with E-state index in [1.165, 1.54) is 0 Å². The van der Waals surface area contributed by atoms with Gasteiger partial charge in [-0.1, -0.05) is 30.3 Å². The zero-order valence-corrected chi connectivity index (χ0v) is 16.8. The monoisotopic (exact) mass is 386 g/mol. The van der Waals surface area contributed by atoms with Crippen molar-refractivity contribution in [2.45, 2.75) is 13.8 Å². The minimum Gasteiger partial charge on any atom is -0.354 e. The molecule has 29 heavy (non-hydrogen) atoms. The molecule has 146 valence electrons. The van der Waals surface area contributed by atoms with Crippen LogP contribution in [0.4, 0.5) is 0 Å². The molecular formula is C23H22N4O2. The average molecular weight is 386 g/mol. The Balaban J connectivity index is 1.76. The highest BCUT2D eigenvalue weighted by Gasteiger charge is 2.22. The van der Waals surface area contributed by atoms with E-state index < -0.39 is 0 Å². The number of rotatable bonds is 4. The van der Waals surface area contributed by atoms with Crippen LogP contribution in [0.25, 0.3) is 22.4 Å². The molecule has 0 spiro atoms. The number of amides is 1. The Bertz CT molecular complexity index is 1230. The van der Waals surface area contributed by atoms with Gasteiger partial charge in [0.15, 0.2) is 5.78 Å². The zero-order valence-electron chi connectivity index (χ0n) is 16.8. The normalized spacial score (nSPS) is 11.0. The summed E-state index contributed by atoms with van der Waals surface area (Å²) in [5.74, 6) is 0.564. The van der Waals surface area contributed by atoms with Crippen molar-refractivity contribution in [3.63, 3.8) is 0 Å². The molecule has 0 unspecified atom stereocenters. The molecule has 4 aromatic rings. The summed E-state index contributed by atoms with van der Waals surface area (Å²) < 4.78 is 0. The second kappa shape index (κ2) is 7.05. The molecule has 2 aromatic heterocycles. The first-order valence-corrected chi connectivity index (χ1v) is 9.37. The second-order valence-electron chi connectivity index (χ2n) is 7.34. The van der Waals surface area contributed by atoms with Gasteiger partial charge in [0.25, 0.3) is 5.91 Å². The molecule has 6 nitrogen and oxygen atoms in total. The van der Waals surface area contributed by atoms with E-state index >= 15 is 0 Å². The van der Waals surface area contributed by atoms with Crippen molar-refractivity contribution in [2.24, 2.45) is 0 Å². The molecule has 4 rings (SSSR count). The molecule has 2 N–H and O–H groups in total. The highest BCUT2D eigenvalue weighted by Crippen LogP contribution is 2.30. The van der Waals surface area contributed by atoms with Crippen molar-refractivity contribution >= 4 is 22.7 Å². The largest absolute Gasteiger partial charge is 0.354 e. The van der Waals surface area contributed by atoms with Crippen molar-refractivity contribution in [3.05, 3.63) is 76.6 Å². The Hall–Kier alpha value is -3.67. The molecule has 2 heterocycles. The first-order chi connectivity index (χ1) is 13.9. The predicted molar refractivity (Wildman–Crippen MR) is 113 cm³/mol. The molecule has 2 aromatic carbocycles. The van der Waals surface area contributed by atoms with E-state index in [0.29, 0.717) is 22.6 Å². The number of aromatic nitrogens is 3. The summed E-state index contributed by atoms with van der Waals surface area (Å²) in [4.78, 5) is 37.9. The number of fused-ring (bicyclic) bond motifs is 1. The van der Waals surface area contributed by atoms with Crippen LogP contribution in [0, 0.1) is 13.8 Å². The SMILES string of the molecule is Cc1[nH]c(C(=O)N(C)C)c(C)c1-c1nc2ccc(C(=O)c3ccccc3)cc2[nH]1. The van der Waals surface area contributed by atoms with Crippen LogP contribution < -0.4 is 0 Å². The van der Waals surface area contributed by atoms with Crippen molar-refractivity contribution in [1.29, 1.82) is 0 Å². The van der Waals surface area contributed by atoms with Crippen LogP contribution in [0.2, 0.25) is 0 Å². The summed E-state index contributed by atoms with van der Waals surface area (Å²) >= 11 is 0. The smallest absolute Gasteiger partial charge is 0.270 e. The highest BCUT2D eigenvalue weighted by molar-refractivity contribution is 6.10. The number of hydrogen-bond acceptors (Lipinski definition) is 3.